The summed E-state index contributed by atoms with van der Waals surface area (Å²) in [6, 6.07) is 3.85. The molecule has 0 aliphatic rings. The minimum Gasteiger partial charge on any atom is -0.477 e. The molecule has 0 aliphatic heterocycles. The van der Waals surface area contributed by atoms with E-state index in [1.165, 1.54) is 11.3 Å². The molecule has 0 saturated heterocycles. The van der Waals surface area contributed by atoms with Gasteiger partial charge in [-0.3, -0.25) is 4.98 Å². The largest absolute Gasteiger partial charge is 0.477 e. The lowest BCUT2D eigenvalue weighted by Crippen LogP contribution is -2.01. The number of aromatic carboxylic acids is 1. The van der Waals surface area contributed by atoms with Crippen LogP contribution in [0.25, 0.3) is 0 Å². The van der Waals surface area contributed by atoms with Gasteiger partial charge in [-0.2, -0.15) is 0 Å². The molecule has 2 aromatic heterocycles. The first-order chi connectivity index (χ1) is 8.16. The maximum atomic E-state index is 11.0. The number of thiazole rings is 1. The van der Waals surface area contributed by atoms with Crippen molar-refractivity contribution in [2.24, 2.45) is 0 Å². The van der Waals surface area contributed by atoms with Gasteiger partial charge < -0.3 is 5.11 Å². The van der Waals surface area contributed by atoms with E-state index in [1.807, 2.05) is 19.1 Å². The van der Waals surface area contributed by atoms with Crippen LogP contribution < -0.4 is 0 Å². The van der Waals surface area contributed by atoms with Crippen LogP contribution in [-0.2, 0) is 12.8 Å². The number of hydrogen-bond acceptors (Lipinski definition) is 4. The molecule has 88 valence electrons. The average molecular weight is 248 g/mol. The highest BCUT2D eigenvalue weighted by molar-refractivity contribution is 7.13. The van der Waals surface area contributed by atoms with Crippen molar-refractivity contribution in [2.45, 2.75) is 19.8 Å². The number of hydrogen-bond donors (Lipinski definition) is 1. The maximum Gasteiger partial charge on any atom is 0.347 e. The van der Waals surface area contributed by atoms with E-state index in [2.05, 4.69) is 9.97 Å². The molecule has 0 fully saturated rings. The Morgan fingerprint density at radius 1 is 1.47 bits per heavy atom. The maximum absolute atomic E-state index is 11.0. The Balaban J connectivity index is 2.11. The summed E-state index contributed by atoms with van der Waals surface area (Å²) in [5.41, 5.74) is 1.76. The van der Waals surface area contributed by atoms with Crippen LogP contribution in [0.1, 0.15) is 25.9 Å². The molecule has 1 N–H and O–H groups in total. The Kier molecular flexibility index (Phi) is 3.49. The van der Waals surface area contributed by atoms with Gasteiger partial charge in [0.05, 0.1) is 10.7 Å². The molecule has 2 rings (SSSR count). The summed E-state index contributed by atoms with van der Waals surface area (Å²) in [6.07, 6.45) is 4.91. The Bertz CT molecular complexity index is 523. The Morgan fingerprint density at radius 2 is 2.29 bits per heavy atom. The number of carboxylic acids is 1. The van der Waals surface area contributed by atoms with Gasteiger partial charge in [-0.25, -0.2) is 9.78 Å². The van der Waals surface area contributed by atoms with Crippen molar-refractivity contribution in [3.05, 3.63) is 45.7 Å². The highest BCUT2D eigenvalue weighted by Crippen LogP contribution is 2.19. The molecule has 0 amide bonds. The topological polar surface area (TPSA) is 63.1 Å². The Morgan fingerprint density at radius 3 is 2.94 bits per heavy atom. The Hall–Kier alpha value is -1.75. The van der Waals surface area contributed by atoms with Gasteiger partial charge in [-0.1, -0.05) is 6.07 Å². The molecule has 0 radical (unpaired) electrons. The van der Waals surface area contributed by atoms with Crippen LogP contribution in [0.2, 0.25) is 0 Å². The zero-order valence-corrected chi connectivity index (χ0v) is 10.2. The van der Waals surface area contributed by atoms with Gasteiger partial charge in [0.1, 0.15) is 4.88 Å². The lowest BCUT2D eigenvalue weighted by molar-refractivity contribution is 0.0700. The molecule has 0 aliphatic carbocycles. The predicted molar refractivity (Wildman–Crippen MR) is 65.5 cm³/mol. The Labute approximate surface area is 103 Å². The van der Waals surface area contributed by atoms with E-state index in [1.54, 1.807) is 12.4 Å². The number of carbonyl (C=O) groups is 1. The van der Waals surface area contributed by atoms with Gasteiger partial charge in [0, 0.05) is 12.4 Å². The summed E-state index contributed by atoms with van der Waals surface area (Å²) in [6.45, 7) is 1.82. The van der Waals surface area contributed by atoms with Gasteiger partial charge in [-0.05, 0) is 31.4 Å². The van der Waals surface area contributed by atoms with Crippen molar-refractivity contribution in [1.29, 1.82) is 0 Å². The number of nitrogens with zero attached hydrogens (tertiary/aromatic N) is 2. The molecule has 17 heavy (non-hydrogen) atoms. The lowest BCUT2D eigenvalue weighted by Gasteiger charge is -1.99. The number of aryl methyl sites for hydroxylation is 3. The number of aromatic nitrogens is 2. The first-order valence-corrected chi connectivity index (χ1v) is 6.07. The standard InChI is InChI=1S/C12H12N2O2S/c1-8-14-10(11(17-8)12(15)16)5-4-9-3-2-6-13-7-9/h2-3,6-7H,4-5H2,1H3,(H,15,16). The van der Waals surface area contributed by atoms with Crippen molar-refractivity contribution in [3.8, 4) is 0 Å². The van der Waals surface area contributed by atoms with Crippen molar-refractivity contribution < 1.29 is 9.90 Å². The summed E-state index contributed by atoms with van der Waals surface area (Å²) in [5, 5.41) is 9.83. The zero-order chi connectivity index (χ0) is 12.3. The van der Waals surface area contributed by atoms with Crippen LogP contribution >= 0.6 is 11.3 Å². The number of pyridine rings is 1. The second-order valence-corrected chi connectivity index (χ2v) is 4.88. The monoisotopic (exact) mass is 248 g/mol. The smallest absolute Gasteiger partial charge is 0.347 e. The van der Waals surface area contributed by atoms with E-state index in [9.17, 15) is 4.79 Å². The van der Waals surface area contributed by atoms with Crippen molar-refractivity contribution >= 4 is 17.3 Å². The molecule has 5 heteroatoms. The molecule has 0 bridgehead atoms. The minimum absolute atomic E-state index is 0.353. The van der Waals surface area contributed by atoms with E-state index in [-0.39, 0.29) is 0 Å². The van der Waals surface area contributed by atoms with Gasteiger partial charge >= 0.3 is 5.97 Å². The van der Waals surface area contributed by atoms with E-state index >= 15 is 0 Å². The van der Waals surface area contributed by atoms with E-state index in [0.717, 1.165) is 17.0 Å². The first kappa shape index (κ1) is 11.7. The first-order valence-electron chi connectivity index (χ1n) is 5.25. The third-order valence-corrected chi connectivity index (χ3v) is 3.37. The molecule has 2 heterocycles. The third kappa shape index (κ3) is 2.88. The van der Waals surface area contributed by atoms with Crippen molar-refractivity contribution in [2.75, 3.05) is 0 Å². The van der Waals surface area contributed by atoms with Gasteiger partial charge in [0.15, 0.2) is 0 Å². The van der Waals surface area contributed by atoms with Crippen LogP contribution in [0, 0.1) is 6.92 Å². The molecule has 0 unspecified atom stereocenters. The molecule has 2 aromatic rings. The van der Waals surface area contributed by atoms with Crippen LogP contribution in [-0.4, -0.2) is 21.0 Å². The van der Waals surface area contributed by atoms with Gasteiger partial charge in [0.25, 0.3) is 0 Å². The number of rotatable bonds is 4. The molecule has 4 nitrogen and oxygen atoms in total. The summed E-state index contributed by atoms with van der Waals surface area (Å²) >= 11 is 1.23. The molecule has 0 spiro atoms. The fraction of sp³-hybridized carbons (Fsp3) is 0.250. The second kappa shape index (κ2) is 5.05. The fourth-order valence-electron chi connectivity index (χ4n) is 1.62. The molecule has 0 atom stereocenters. The fourth-order valence-corrected chi connectivity index (χ4v) is 2.42. The van der Waals surface area contributed by atoms with Crippen LogP contribution in [0.5, 0.6) is 0 Å². The molecular formula is C12H12N2O2S. The summed E-state index contributed by atoms with van der Waals surface area (Å²) in [5.74, 6) is -0.892. The SMILES string of the molecule is Cc1nc(CCc2cccnc2)c(C(=O)O)s1. The summed E-state index contributed by atoms with van der Waals surface area (Å²) in [4.78, 5) is 19.6. The van der Waals surface area contributed by atoms with Crippen LogP contribution in [0.3, 0.4) is 0 Å². The third-order valence-electron chi connectivity index (χ3n) is 2.37. The zero-order valence-electron chi connectivity index (χ0n) is 9.38. The van der Waals surface area contributed by atoms with Crippen molar-refractivity contribution in [3.63, 3.8) is 0 Å². The van der Waals surface area contributed by atoms with Gasteiger partial charge in [0.2, 0.25) is 0 Å². The average Bonchev–Trinajstić information content (AvgIpc) is 2.69. The summed E-state index contributed by atoms with van der Waals surface area (Å²) < 4.78 is 0. The number of carboxylic acid groups (broad SMARTS) is 1. The van der Waals surface area contributed by atoms with Crippen molar-refractivity contribution in [1.82, 2.24) is 9.97 Å². The highest BCUT2D eigenvalue weighted by Gasteiger charge is 2.15. The molecular weight excluding hydrogens is 236 g/mol. The minimum atomic E-state index is -0.892. The molecule has 0 aromatic carbocycles. The van der Waals surface area contributed by atoms with E-state index in [0.29, 0.717) is 17.0 Å². The highest BCUT2D eigenvalue weighted by atomic mass is 32.1. The second-order valence-electron chi connectivity index (χ2n) is 3.68. The van der Waals surface area contributed by atoms with Gasteiger partial charge in [-0.15, -0.1) is 11.3 Å². The van der Waals surface area contributed by atoms with Crippen LogP contribution in [0.4, 0.5) is 0 Å². The predicted octanol–water partition coefficient (Wildman–Crippen LogP) is 2.33. The molecule has 0 saturated carbocycles. The lowest BCUT2D eigenvalue weighted by atomic mass is 10.1. The summed E-state index contributed by atoms with van der Waals surface area (Å²) in [7, 11) is 0. The van der Waals surface area contributed by atoms with E-state index < -0.39 is 5.97 Å². The normalized spacial score (nSPS) is 10.4. The van der Waals surface area contributed by atoms with Crippen LogP contribution in [0.15, 0.2) is 24.5 Å². The quantitative estimate of drug-likeness (QED) is 0.902. The van der Waals surface area contributed by atoms with E-state index in [4.69, 9.17) is 5.11 Å².